The van der Waals surface area contributed by atoms with Gasteiger partial charge in [-0.3, -0.25) is 4.99 Å². The number of para-hydroxylation sites is 1. The number of guanidine groups is 1. The third kappa shape index (κ3) is 6.39. The molecule has 1 aromatic carbocycles. The number of fused-ring (bicyclic) bond motifs is 1. The van der Waals surface area contributed by atoms with Gasteiger partial charge in [-0.05, 0) is 31.9 Å². The number of aliphatic imine (C=N–C) groups is 1. The van der Waals surface area contributed by atoms with Gasteiger partial charge in [-0.25, -0.2) is 0 Å². The lowest BCUT2D eigenvalue weighted by molar-refractivity contribution is 0.155. The lowest BCUT2D eigenvalue weighted by atomic mass is 10.1. The summed E-state index contributed by atoms with van der Waals surface area (Å²) >= 11 is 0. The molecule has 0 radical (unpaired) electrons. The molecule has 1 heterocycles. The van der Waals surface area contributed by atoms with Gasteiger partial charge in [0.1, 0.15) is 0 Å². The lowest BCUT2D eigenvalue weighted by Crippen LogP contribution is -2.38. The topological polar surface area (TPSA) is 61.4 Å². The summed E-state index contributed by atoms with van der Waals surface area (Å²) in [5, 5.41) is 7.92. The number of aromatic amines is 1. The summed E-state index contributed by atoms with van der Waals surface area (Å²) in [6.07, 6.45) is 3.05. The van der Waals surface area contributed by atoms with Crippen LogP contribution in [-0.4, -0.2) is 43.8 Å². The van der Waals surface area contributed by atoms with E-state index < -0.39 is 0 Å². The molecule has 0 aliphatic rings. The van der Waals surface area contributed by atoms with E-state index in [9.17, 15) is 0 Å². The van der Waals surface area contributed by atoms with Crippen molar-refractivity contribution in [3.8, 4) is 0 Å². The number of benzene rings is 1. The highest BCUT2D eigenvalue weighted by Gasteiger charge is 2.03. The van der Waals surface area contributed by atoms with Gasteiger partial charge in [0.2, 0.25) is 0 Å². The summed E-state index contributed by atoms with van der Waals surface area (Å²) in [5.74, 6) is 0.849. The van der Waals surface area contributed by atoms with Crippen molar-refractivity contribution >= 4 is 40.8 Å². The number of aromatic nitrogens is 1. The van der Waals surface area contributed by atoms with Gasteiger partial charge in [-0.15, -0.1) is 24.0 Å². The second-order valence-corrected chi connectivity index (χ2v) is 4.99. The molecule has 2 aromatic rings. The minimum atomic E-state index is 0. The fraction of sp³-hybridized carbons (Fsp3) is 0.471. The van der Waals surface area contributed by atoms with Gasteiger partial charge in [0.25, 0.3) is 0 Å². The van der Waals surface area contributed by atoms with Crippen LogP contribution in [0.4, 0.5) is 0 Å². The van der Waals surface area contributed by atoms with E-state index in [1.807, 2.05) is 6.92 Å². The molecule has 0 spiro atoms. The predicted octanol–water partition coefficient (Wildman–Crippen LogP) is 2.92. The zero-order valence-corrected chi connectivity index (χ0v) is 16.2. The van der Waals surface area contributed by atoms with Crippen molar-refractivity contribution in [2.24, 2.45) is 4.99 Å². The van der Waals surface area contributed by atoms with Gasteiger partial charge in [0.15, 0.2) is 5.96 Å². The van der Waals surface area contributed by atoms with Gasteiger partial charge in [0.05, 0.1) is 13.2 Å². The first-order chi connectivity index (χ1) is 10.8. The molecule has 0 saturated heterocycles. The molecule has 128 valence electrons. The van der Waals surface area contributed by atoms with E-state index in [-0.39, 0.29) is 24.0 Å². The highest BCUT2D eigenvalue weighted by atomic mass is 127. The molecular formula is C17H27IN4O. The van der Waals surface area contributed by atoms with Crippen molar-refractivity contribution in [2.45, 2.75) is 20.3 Å². The van der Waals surface area contributed by atoms with E-state index >= 15 is 0 Å². The molecule has 0 unspecified atom stereocenters. The molecule has 2 rings (SSSR count). The molecule has 0 aliphatic carbocycles. The van der Waals surface area contributed by atoms with Crippen LogP contribution in [-0.2, 0) is 11.2 Å². The molecule has 0 aliphatic heterocycles. The standard InChI is InChI=1S/C17H26N4O.HI/c1-3-18-17(20-11-12-22-4-2)19-10-9-14-13-21-16-8-6-5-7-15(14)16;/h5-8,13,21H,3-4,9-12H2,1-2H3,(H2,18,19,20);1H. The van der Waals surface area contributed by atoms with Crippen LogP contribution in [0.3, 0.4) is 0 Å². The minimum absolute atomic E-state index is 0. The van der Waals surface area contributed by atoms with Crippen molar-refractivity contribution in [1.29, 1.82) is 0 Å². The van der Waals surface area contributed by atoms with Crippen LogP contribution in [0.5, 0.6) is 0 Å². The zero-order chi connectivity index (χ0) is 15.6. The summed E-state index contributed by atoms with van der Waals surface area (Å²) in [6, 6.07) is 8.38. The van der Waals surface area contributed by atoms with Gasteiger partial charge in [-0.2, -0.15) is 0 Å². The normalized spacial score (nSPS) is 11.3. The van der Waals surface area contributed by atoms with Crippen LogP contribution in [0.2, 0.25) is 0 Å². The molecule has 0 atom stereocenters. The van der Waals surface area contributed by atoms with Gasteiger partial charge >= 0.3 is 0 Å². The fourth-order valence-electron chi connectivity index (χ4n) is 2.36. The fourth-order valence-corrected chi connectivity index (χ4v) is 2.36. The molecule has 0 saturated carbocycles. The highest BCUT2D eigenvalue weighted by molar-refractivity contribution is 14.0. The number of rotatable bonds is 8. The third-order valence-corrected chi connectivity index (χ3v) is 3.42. The second-order valence-electron chi connectivity index (χ2n) is 4.99. The maximum Gasteiger partial charge on any atom is 0.191 e. The predicted molar refractivity (Wildman–Crippen MR) is 108 cm³/mol. The number of nitrogens with one attached hydrogen (secondary N) is 3. The number of hydrogen-bond acceptors (Lipinski definition) is 2. The average molecular weight is 430 g/mol. The van der Waals surface area contributed by atoms with Crippen molar-refractivity contribution in [2.75, 3.05) is 32.8 Å². The first kappa shape index (κ1) is 19.8. The van der Waals surface area contributed by atoms with E-state index in [1.165, 1.54) is 16.5 Å². The minimum Gasteiger partial charge on any atom is -0.380 e. The first-order valence-corrected chi connectivity index (χ1v) is 8.00. The van der Waals surface area contributed by atoms with Crippen molar-refractivity contribution < 1.29 is 4.74 Å². The Morgan fingerprint density at radius 1 is 1.22 bits per heavy atom. The second kappa shape index (κ2) is 11.3. The largest absolute Gasteiger partial charge is 0.380 e. The van der Waals surface area contributed by atoms with Crippen molar-refractivity contribution in [3.05, 3.63) is 36.0 Å². The van der Waals surface area contributed by atoms with Crippen LogP contribution in [0.1, 0.15) is 19.4 Å². The maximum absolute atomic E-state index is 5.31. The maximum atomic E-state index is 5.31. The van der Waals surface area contributed by atoms with Crippen LogP contribution < -0.4 is 10.6 Å². The Balaban J connectivity index is 0.00000264. The van der Waals surface area contributed by atoms with Gasteiger partial charge < -0.3 is 20.4 Å². The molecular weight excluding hydrogens is 403 g/mol. The average Bonchev–Trinajstić information content (AvgIpc) is 2.95. The summed E-state index contributed by atoms with van der Waals surface area (Å²) < 4.78 is 5.31. The third-order valence-electron chi connectivity index (χ3n) is 3.42. The molecule has 1 aromatic heterocycles. The Labute approximate surface area is 155 Å². The molecule has 5 nitrogen and oxygen atoms in total. The Bertz CT molecular complexity index is 597. The Morgan fingerprint density at radius 2 is 2.04 bits per heavy atom. The Morgan fingerprint density at radius 3 is 2.83 bits per heavy atom. The zero-order valence-electron chi connectivity index (χ0n) is 13.9. The van der Waals surface area contributed by atoms with Crippen molar-refractivity contribution in [1.82, 2.24) is 15.6 Å². The van der Waals surface area contributed by atoms with E-state index in [1.54, 1.807) is 0 Å². The van der Waals surface area contributed by atoms with Crippen LogP contribution in [0, 0.1) is 0 Å². The smallest absolute Gasteiger partial charge is 0.191 e. The molecule has 6 heteroatoms. The Kier molecular flexibility index (Phi) is 9.70. The highest BCUT2D eigenvalue weighted by Crippen LogP contribution is 2.17. The quantitative estimate of drug-likeness (QED) is 0.261. The monoisotopic (exact) mass is 430 g/mol. The van der Waals surface area contributed by atoms with E-state index in [0.29, 0.717) is 13.2 Å². The molecule has 3 N–H and O–H groups in total. The molecule has 0 amide bonds. The summed E-state index contributed by atoms with van der Waals surface area (Å²) in [6.45, 7) is 7.84. The van der Waals surface area contributed by atoms with Gasteiger partial charge in [0, 0.05) is 36.8 Å². The number of halogens is 1. The SMILES string of the molecule is CCNC(=NCCOCC)NCCc1c[nH]c2ccccc12.I. The van der Waals surface area contributed by atoms with E-state index in [4.69, 9.17) is 4.74 Å². The lowest BCUT2D eigenvalue weighted by Gasteiger charge is -2.11. The first-order valence-electron chi connectivity index (χ1n) is 8.00. The summed E-state index contributed by atoms with van der Waals surface area (Å²) in [7, 11) is 0. The number of hydrogen-bond donors (Lipinski definition) is 3. The van der Waals surface area contributed by atoms with Crippen LogP contribution in [0.15, 0.2) is 35.5 Å². The summed E-state index contributed by atoms with van der Waals surface area (Å²) in [5.41, 5.74) is 2.52. The Hall–Kier alpha value is -1.28. The van der Waals surface area contributed by atoms with Crippen molar-refractivity contribution in [3.63, 3.8) is 0 Å². The van der Waals surface area contributed by atoms with Crippen LogP contribution in [0.25, 0.3) is 10.9 Å². The molecule has 0 bridgehead atoms. The molecule has 0 fully saturated rings. The van der Waals surface area contributed by atoms with Gasteiger partial charge in [-0.1, -0.05) is 18.2 Å². The molecule has 23 heavy (non-hydrogen) atoms. The number of H-pyrrole nitrogens is 1. The van der Waals surface area contributed by atoms with Crippen LogP contribution >= 0.6 is 24.0 Å². The van der Waals surface area contributed by atoms with E-state index in [2.05, 4.69) is 58.0 Å². The van der Waals surface area contributed by atoms with E-state index in [0.717, 1.165) is 32.1 Å². The number of nitrogens with zero attached hydrogens (tertiary/aromatic N) is 1. The summed E-state index contributed by atoms with van der Waals surface area (Å²) in [4.78, 5) is 7.80. The number of ether oxygens (including phenoxy) is 1.